The second kappa shape index (κ2) is 6.55. The van der Waals surface area contributed by atoms with Gasteiger partial charge in [-0.15, -0.1) is 13.2 Å². The van der Waals surface area contributed by atoms with Crippen molar-refractivity contribution in [3.05, 3.63) is 52.5 Å². The molecule has 3 N–H and O–H groups in total. The molecule has 8 heteroatoms. The Kier molecular flexibility index (Phi) is 4.91. The largest absolute Gasteiger partial charge is 0.573 e. The number of nitrogen functional groups attached to an aromatic ring is 1. The number of aliphatic hydroxyl groups excluding tert-OH is 1. The van der Waals surface area contributed by atoms with Gasteiger partial charge in [0.25, 0.3) is 0 Å². The highest BCUT2D eigenvalue weighted by atomic mass is 35.5. The summed E-state index contributed by atoms with van der Waals surface area (Å²) in [6.07, 6.45) is -6.22. The molecule has 0 spiro atoms. The summed E-state index contributed by atoms with van der Waals surface area (Å²) in [6, 6.07) is 8.26. The Bertz CT molecular complexity index is 707. The molecule has 1 unspecified atom stereocenters. The number of methoxy groups -OCH3 is 1. The van der Waals surface area contributed by atoms with Crippen molar-refractivity contribution in [1.29, 1.82) is 0 Å². The van der Waals surface area contributed by atoms with E-state index < -0.39 is 18.2 Å². The number of hydrogen-bond acceptors (Lipinski definition) is 4. The van der Waals surface area contributed by atoms with E-state index in [1.54, 1.807) is 0 Å². The van der Waals surface area contributed by atoms with Gasteiger partial charge in [0.2, 0.25) is 0 Å². The predicted octanol–water partition coefficient (Wildman–Crippen LogP) is 3.91. The van der Waals surface area contributed by atoms with Crippen LogP contribution in [0.15, 0.2) is 36.4 Å². The zero-order valence-corrected chi connectivity index (χ0v) is 12.7. The SMILES string of the molecule is COc1c(OC(F)(F)F)cccc1C(O)c1cc(Cl)ccc1N. The molecule has 0 heterocycles. The van der Waals surface area contributed by atoms with E-state index >= 15 is 0 Å². The van der Waals surface area contributed by atoms with E-state index in [1.807, 2.05) is 0 Å². The zero-order chi connectivity index (χ0) is 17.2. The van der Waals surface area contributed by atoms with Gasteiger partial charge in [-0.25, -0.2) is 0 Å². The Morgan fingerprint density at radius 1 is 1.17 bits per heavy atom. The molecule has 0 aliphatic heterocycles. The second-order valence-corrected chi connectivity index (χ2v) is 5.04. The van der Waals surface area contributed by atoms with Crippen LogP contribution in [0.1, 0.15) is 17.2 Å². The van der Waals surface area contributed by atoms with Crippen LogP contribution in [0.4, 0.5) is 18.9 Å². The predicted molar refractivity (Wildman–Crippen MR) is 79.6 cm³/mol. The second-order valence-electron chi connectivity index (χ2n) is 4.60. The van der Waals surface area contributed by atoms with Crippen LogP contribution < -0.4 is 15.2 Å². The molecular weight excluding hydrogens is 335 g/mol. The molecule has 23 heavy (non-hydrogen) atoms. The number of nitrogens with two attached hydrogens (primary N) is 1. The fraction of sp³-hybridized carbons (Fsp3) is 0.200. The van der Waals surface area contributed by atoms with Gasteiger partial charge in [0.1, 0.15) is 6.10 Å². The molecule has 2 rings (SSSR count). The van der Waals surface area contributed by atoms with Crippen molar-refractivity contribution >= 4 is 17.3 Å². The van der Waals surface area contributed by atoms with Crippen LogP contribution in [0.5, 0.6) is 11.5 Å². The molecule has 1 atom stereocenters. The number of benzene rings is 2. The lowest BCUT2D eigenvalue weighted by molar-refractivity contribution is -0.275. The molecule has 0 radical (unpaired) electrons. The van der Waals surface area contributed by atoms with Crippen LogP contribution in [0.3, 0.4) is 0 Å². The maximum Gasteiger partial charge on any atom is 0.573 e. The van der Waals surface area contributed by atoms with Crippen LogP contribution in [0.2, 0.25) is 5.02 Å². The van der Waals surface area contributed by atoms with Crippen LogP contribution in [0, 0.1) is 0 Å². The number of hydrogen-bond donors (Lipinski definition) is 2. The molecular formula is C15H13ClF3NO3. The Balaban J connectivity index is 2.50. The summed E-state index contributed by atoms with van der Waals surface area (Å²) < 4.78 is 46.2. The first-order valence-corrected chi connectivity index (χ1v) is 6.76. The molecule has 4 nitrogen and oxygen atoms in total. The van der Waals surface area contributed by atoms with Gasteiger partial charge in [0.05, 0.1) is 7.11 Å². The van der Waals surface area contributed by atoms with Gasteiger partial charge in [-0.05, 0) is 24.3 Å². The van der Waals surface area contributed by atoms with E-state index in [9.17, 15) is 18.3 Å². The van der Waals surface area contributed by atoms with Crippen LogP contribution >= 0.6 is 11.6 Å². The topological polar surface area (TPSA) is 64.7 Å². The Labute approximate surface area is 135 Å². The van der Waals surface area contributed by atoms with Crippen molar-refractivity contribution in [3.8, 4) is 11.5 Å². The molecule has 0 fully saturated rings. The highest BCUT2D eigenvalue weighted by Gasteiger charge is 2.33. The average molecular weight is 348 g/mol. The van der Waals surface area contributed by atoms with Gasteiger partial charge in [-0.3, -0.25) is 0 Å². The van der Waals surface area contributed by atoms with Crippen molar-refractivity contribution in [2.45, 2.75) is 12.5 Å². The Hall–Kier alpha value is -2.12. The summed E-state index contributed by atoms with van der Waals surface area (Å²) in [5, 5.41) is 10.8. The minimum absolute atomic E-state index is 0.0724. The number of alkyl halides is 3. The zero-order valence-electron chi connectivity index (χ0n) is 11.9. The van der Waals surface area contributed by atoms with Crippen molar-refractivity contribution in [3.63, 3.8) is 0 Å². The lowest BCUT2D eigenvalue weighted by Gasteiger charge is -2.20. The number of anilines is 1. The molecule has 0 saturated heterocycles. The van der Waals surface area contributed by atoms with E-state index in [1.165, 1.54) is 37.4 Å². The molecule has 0 saturated carbocycles. The van der Waals surface area contributed by atoms with Crippen molar-refractivity contribution in [1.82, 2.24) is 0 Å². The first-order valence-electron chi connectivity index (χ1n) is 6.38. The molecule has 0 aromatic heterocycles. The van der Waals surface area contributed by atoms with E-state index in [0.717, 1.165) is 6.07 Å². The molecule has 2 aromatic carbocycles. The van der Waals surface area contributed by atoms with E-state index in [4.69, 9.17) is 22.1 Å². The molecule has 124 valence electrons. The minimum Gasteiger partial charge on any atom is -0.492 e. The van der Waals surface area contributed by atoms with Crippen LogP contribution in [-0.4, -0.2) is 18.6 Å². The first-order chi connectivity index (χ1) is 10.7. The Morgan fingerprint density at radius 2 is 1.87 bits per heavy atom. The molecule has 2 aromatic rings. The summed E-state index contributed by atoms with van der Waals surface area (Å²) >= 11 is 5.87. The fourth-order valence-corrected chi connectivity index (χ4v) is 2.30. The van der Waals surface area contributed by atoms with Gasteiger partial charge < -0.3 is 20.3 Å². The Morgan fingerprint density at radius 3 is 2.48 bits per heavy atom. The van der Waals surface area contributed by atoms with Gasteiger partial charge >= 0.3 is 6.36 Å². The number of ether oxygens (including phenoxy) is 2. The van der Waals surface area contributed by atoms with Gasteiger partial charge in [0.15, 0.2) is 11.5 Å². The highest BCUT2D eigenvalue weighted by molar-refractivity contribution is 6.30. The average Bonchev–Trinajstić information content (AvgIpc) is 2.47. The third kappa shape index (κ3) is 4.00. The third-order valence-electron chi connectivity index (χ3n) is 3.08. The van der Waals surface area contributed by atoms with E-state index in [2.05, 4.69) is 4.74 Å². The molecule has 0 bridgehead atoms. The molecule has 0 aliphatic carbocycles. The van der Waals surface area contributed by atoms with E-state index in [-0.39, 0.29) is 22.6 Å². The number of aliphatic hydroxyl groups is 1. The van der Waals surface area contributed by atoms with Crippen molar-refractivity contribution < 1.29 is 27.8 Å². The summed E-state index contributed by atoms with van der Waals surface area (Å²) in [6.45, 7) is 0. The molecule has 0 aliphatic rings. The number of halogens is 4. The summed E-state index contributed by atoms with van der Waals surface area (Å²) in [4.78, 5) is 0. The lowest BCUT2D eigenvalue weighted by atomic mass is 9.99. The lowest BCUT2D eigenvalue weighted by Crippen LogP contribution is -2.18. The quantitative estimate of drug-likeness (QED) is 0.823. The maximum atomic E-state index is 12.5. The van der Waals surface area contributed by atoms with E-state index in [0.29, 0.717) is 5.02 Å². The van der Waals surface area contributed by atoms with Crippen LogP contribution in [0.25, 0.3) is 0 Å². The summed E-state index contributed by atoms with van der Waals surface area (Å²) in [5.41, 5.74) is 6.35. The normalized spacial score (nSPS) is 12.8. The standard InChI is InChI=1S/C15H13ClF3NO3/c1-22-14-9(3-2-4-12(14)23-15(17,18)19)13(21)10-7-8(16)5-6-11(10)20/h2-7,13,21H,20H2,1H3. The van der Waals surface area contributed by atoms with Gasteiger partial charge in [-0.2, -0.15) is 0 Å². The first kappa shape index (κ1) is 17.2. The van der Waals surface area contributed by atoms with Crippen molar-refractivity contribution in [2.75, 3.05) is 12.8 Å². The summed E-state index contributed by atoms with van der Waals surface area (Å²) in [5.74, 6) is -0.797. The van der Waals surface area contributed by atoms with Crippen LogP contribution in [-0.2, 0) is 0 Å². The smallest absolute Gasteiger partial charge is 0.492 e. The summed E-state index contributed by atoms with van der Waals surface area (Å²) in [7, 11) is 1.18. The van der Waals surface area contributed by atoms with Gasteiger partial charge in [0, 0.05) is 21.8 Å². The molecule has 0 amide bonds. The fourth-order valence-electron chi connectivity index (χ4n) is 2.12. The minimum atomic E-state index is -4.88. The number of rotatable bonds is 4. The van der Waals surface area contributed by atoms with Gasteiger partial charge in [-0.1, -0.05) is 23.7 Å². The monoisotopic (exact) mass is 347 g/mol. The maximum absolute atomic E-state index is 12.5. The third-order valence-corrected chi connectivity index (χ3v) is 3.31. The highest BCUT2D eigenvalue weighted by Crippen LogP contribution is 2.40. The number of para-hydroxylation sites is 1. The van der Waals surface area contributed by atoms with Crippen molar-refractivity contribution in [2.24, 2.45) is 0 Å².